The van der Waals surface area contributed by atoms with E-state index < -0.39 is 0 Å². The summed E-state index contributed by atoms with van der Waals surface area (Å²) in [5, 5.41) is 3.46. The topological polar surface area (TPSA) is 32.3 Å². The Labute approximate surface area is 106 Å². The van der Waals surface area contributed by atoms with Crippen LogP contribution in [-0.2, 0) is 4.79 Å². The zero-order chi connectivity index (χ0) is 12.4. The Morgan fingerprint density at radius 3 is 2.71 bits per heavy atom. The molecule has 4 heteroatoms. The van der Waals surface area contributed by atoms with E-state index in [9.17, 15) is 4.79 Å². The van der Waals surface area contributed by atoms with Crippen molar-refractivity contribution >= 4 is 28.8 Å². The van der Waals surface area contributed by atoms with E-state index >= 15 is 0 Å². The highest BCUT2D eigenvalue weighted by Gasteiger charge is 2.24. The Morgan fingerprint density at radius 1 is 1.35 bits per heavy atom. The number of carbonyl (C=O) groups excluding carboxylic acids is 1. The molecule has 1 aromatic rings. The number of anilines is 1. The average Bonchev–Trinajstić information content (AvgIpc) is 2.61. The second-order valence-corrected chi connectivity index (χ2v) is 4.34. The van der Waals surface area contributed by atoms with Gasteiger partial charge in [0.25, 0.3) is 5.91 Å². The number of amides is 1. The second-order valence-electron chi connectivity index (χ2n) is 3.91. The highest BCUT2D eigenvalue weighted by molar-refractivity contribution is 6.34. The summed E-state index contributed by atoms with van der Waals surface area (Å²) in [5.74, 6) is -0.0610. The lowest BCUT2D eigenvalue weighted by Gasteiger charge is -2.15. The molecule has 0 saturated carbocycles. The van der Waals surface area contributed by atoms with Gasteiger partial charge in [-0.25, -0.2) is 0 Å². The van der Waals surface area contributed by atoms with E-state index in [0.717, 1.165) is 24.3 Å². The fraction of sp³-hybridized carbons (Fsp3) is 0.308. The summed E-state index contributed by atoms with van der Waals surface area (Å²) in [6, 6.07) is 5.46. The molecule has 0 aromatic heterocycles. The monoisotopic (exact) mass is 250 g/mol. The molecule has 90 valence electrons. The minimum atomic E-state index is -0.0610. The van der Waals surface area contributed by atoms with Crippen molar-refractivity contribution in [3.63, 3.8) is 0 Å². The first-order valence-corrected chi connectivity index (χ1v) is 6.10. The Morgan fingerprint density at radius 2 is 2.06 bits per heavy atom. The normalized spacial score (nSPS) is 15.9. The van der Waals surface area contributed by atoms with Gasteiger partial charge in [-0.1, -0.05) is 17.7 Å². The number of nitrogens with zero attached hydrogens (tertiary/aromatic N) is 1. The zero-order valence-corrected chi connectivity index (χ0v) is 10.7. The van der Waals surface area contributed by atoms with Gasteiger partial charge < -0.3 is 10.2 Å². The summed E-state index contributed by atoms with van der Waals surface area (Å²) >= 11 is 5.90. The molecule has 3 nitrogen and oxygen atoms in total. The molecular weight excluding hydrogens is 236 g/mol. The SMILES string of the molecule is CCN(/C=C1/C(=O)Nc2cc(Cl)ccc21)CC. The second kappa shape index (κ2) is 4.80. The molecular formula is C13H15ClN2O. The lowest BCUT2D eigenvalue weighted by Crippen LogP contribution is -2.17. The van der Waals surface area contributed by atoms with Gasteiger partial charge >= 0.3 is 0 Å². The zero-order valence-electron chi connectivity index (χ0n) is 9.96. The van der Waals surface area contributed by atoms with Crippen molar-refractivity contribution in [3.05, 3.63) is 35.0 Å². The molecule has 1 aliphatic rings. The fourth-order valence-electron chi connectivity index (χ4n) is 1.88. The molecule has 0 fully saturated rings. The predicted molar refractivity (Wildman–Crippen MR) is 71.0 cm³/mol. The van der Waals surface area contributed by atoms with Crippen LogP contribution < -0.4 is 5.32 Å². The van der Waals surface area contributed by atoms with E-state index in [1.54, 1.807) is 12.1 Å². The molecule has 17 heavy (non-hydrogen) atoms. The van der Waals surface area contributed by atoms with Crippen LogP contribution in [0.2, 0.25) is 5.02 Å². The first kappa shape index (κ1) is 12.0. The number of halogens is 1. The van der Waals surface area contributed by atoms with Crippen molar-refractivity contribution in [2.45, 2.75) is 13.8 Å². The van der Waals surface area contributed by atoms with Gasteiger partial charge in [0.05, 0.1) is 11.3 Å². The summed E-state index contributed by atoms with van der Waals surface area (Å²) in [5.41, 5.74) is 2.42. The maximum absolute atomic E-state index is 11.9. The maximum atomic E-state index is 11.9. The summed E-state index contributed by atoms with van der Waals surface area (Å²) in [7, 11) is 0. The summed E-state index contributed by atoms with van der Waals surface area (Å²) in [6.45, 7) is 5.90. The van der Waals surface area contributed by atoms with Crippen LogP contribution in [0.5, 0.6) is 0 Å². The molecule has 1 N–H and O–H groups in total. The van der Waals surface area contributed by atoms with Crippen LogP contribution >= 0.6 is 11.6 Å². The van der Waals surface area contributed by atoms with Crippen LogP contribution in [0, 0.1) is 0 Å². The van der Waals surface area contributed by atoms with Crippen LogP contribution in [0.25, 0.3) is 5.57 Å². The van der Waals surface area contributed by atoms with Gasteiger partial charge in [0.15, 0.2) is 0 Å². The first-order valence-electron chi connectivity index (χ1n) is 5.72. The smallest absolute Gasteiger partial charge is 0.257 e. The number of rotatable bonds is 3. The highest BCUT2D eigenvalue weighted by atomic mass is 35.5. The predicted octanol–water partition coefficient (Wildman–Crippen LogP) is 2.97. The molecule has 1 aromatic carbocycles. The molecule has 0 saturated heterocycles. The van der Waals surface area contributed by atoms with Crippen molar-refractivity contribution in [1.29, 1.82) is 0 Å². The highest BCUT2D eigenvalue weighted by Crippen LogP contribution is 2.33. The molecule has 1 amide bonds. The lowest BCUT2D eigenvalue weighted by atomic mass is 10.1. The minimum Gasteiger partial charge on any atom is -0.377 e. The van der Waals surface area contributed by atoms with Crippen LogP contribution in [0.1, 0.15) is 19.4 Å². The molecule has 0 radical (unpaired) electrons. The number of fused-ring (bicyclic) bond motifs is 1. The molecule has 0 atom stereocenters. The molecule has 0 spiro atoms. The van der Waals surface area contributed by atoms with Crippen molar-refractivity contribution in [3.8, 4) is 0 Å². The lowest BCUT2D eigenvalue weighted by molar-refractivity contribution is -0.110. The van der Waals surface area contributed by atoms with Crippen LogP contribution in [0.15, 0.2) is 24.4 Å². The maximum Gasteiger partial charge on any atom is 0.257 e. The number of hydrogen-bond acceptors (Lipinski definition) is 2. The molecule has 0 unspecified atom stereocenters. The largest absolute Gasteiger partial charge is 0.377 e. The molecule has 0 bridgehead atoms. The Kier molecular flexibility index (Phi) is 3.38. The number of hydrogen-bond donors (Lipinski definition) is 1. The van der Waals surface area contributed by atoms with E-state index in [-0.39, 0.29) is 5.91 Å². The van der Waals surface area contributed by atoms with Gasteiger partial charge in [-0.05, 0) is 26.0 Å². The molecule has 2 rings (SSSR count). The Hall–Kier alpha value is -1.48. The van der Waals surface area contributed by atoms with E-state index in [4.69, 9.17) is 11.6 Å². The van der Waals surface area contributed by atoms with Gasteiger partial charge in [0.2, 0.25) is 0 Å². The Bertz CT molecular complexity index is 478. The van der Waals surface area contributed by atoms with Crippen molar-refractivity contribution in [2.24, 2.45) is 0 Å². The van der Waals surface area contributed by atoms with Crippen LogP contribution in [-0.4, -0.2) is 23.9 Å². The number of carbonyl (C=O) groups is 1. The molecule has 1 heterocycles. The standard InChI is InChI=1S/C13H15ClN2O/c1-3-16(4-2)8-11-10-6-5-9(14)7-12(10)15-13(11)17/h5-8H,3-4H2,1-2H3,(H,15,17)/b11-8+. The summed E-state index contributed by atoms with van der Waals surface area (Å²) in [6.07, 6.45) is 1.91. The fourth-order valence-corrected chi connectivity index (χ4v) is 2.06. The number of nitrogens with one attached hydrogen (secondary N) is 1. The van der Waals surface area contributed by atoms with Crippen LogP contribution in [0.4, 0.5) is 5.69 Å². The average molecular weight is 251 g/mol. The minimum absolute atomic E-state index is 0.0610. The van der Waals surface area contributed by atoms with Gasteiger partial charge in [-0.2, -0.15) is 0 Å². The van der Waals surface area contributed by atoms with Gasteiger partial charge in [-0.15, -0.1) is 0 Å². The Balaban J connectivity index is 2.41. The molecule has 0 aliphatic carbocycles. The van der Waals surface area contributed by atoms with E-state index in [1.807, 2.05) is 12.3 Å². The van der Waals surface area contributed by atoms with Gasteiger partial charge in [-0.3, -0.25) is 4.79 Å². The van der Waals surface area contributed by atoms with E-state index in [1.165, 1.54) is 0 Å². The van der Waals surface area contributed by atoms with Gasteiger partial charge in [0.1, 0.15) is 0 Å². The third-order valence-electron chi connectivity index (χ3n) is 2.89. The summed E-state index contributed by atoms with van der Waals surface area (Å²) < 4.78 is 0. The first-order chi connectivity index (χ1) is 8.15. The molecule has 1 aliphatic heterocycles. The quantitative estimate of drug-likeness (QED) is 0.837. The van der Waals surface area contributed by atoms with Gasteiger partial charge in [0, 0.05) is 29.9 Å². The summed E-state index contributed by atoms with van der Waals surface area (Å²) in [4.78, 5) is 14.0. The van der Waals surface area contributed by atoms with Crippen molar-refractivity contribution in [2.75, 3.05) is 18.4 Å². The third kappa shape index (κ3) is 2.29. The van der Waals surface area contributed by atoms with Crippen molar-refractivity contribution in [1.82, 2.24) is 4.90 Å². The van der Waals surface area contributed by atoms with Crippen molar-refractivity contribution < 1.29 is 4.79 Å². The van der Waals surface area contributed by atoms with Crippen LogP contribution in [0.3, 0.4) is 0 Å². The third-order valence-corrected chi connectivity index (χ3v) is 3.12. The van der Waals surface area contributed by atoms with E-state index in [0.29, 0.717) is 10.6 Å². The number of benzene rings is 1. The van der Waals surface area contributed by atoms with E-state index in [2.05, 4.69) is 24.1 Å².